The largest absolute Gasteiger partial charge is 0.491 e. The summed E-state index contributed by atoms with van der Waals surface area (Å²) in [4.78, 5) is 12.3. The summed E-state index contributed by atoms with van der Waals surface area (Å²) in [5.74, 6) is 0.908. The zero-order valence-electron chi connectivity index (χ0n) is 15.5. The highest BCUT2D eigenvalue weighted by atomic mass is 32.1. The predicted molar refractivity (Wildman–Crippen MR) is 105 cm³/mol. The lowest BCUT2D eigenvalue weighted by Crippen LogP contribution is -2.23. The van der Waals surface area contributed by atoms with Gasteiger partial charge >= 0.3 is 5.97 Å². The van der Waals surface area contributed by atoms with E-state index in [0.29, 0.717) is 11.3 Å². The van der Waals surface area contributed by atoms with Crippen molar-refractivity contribution in [1.29, 1.82) is 0 Å². The van der Waals surface area contributed by atoms with E-state index in [2.05, 4.69) is 26.5 Å². The molecule has 2 aromatic rings. The molecule has 0 amide bonds. The Kier molecular flexibility index (Phi) is 6.17. The van der Waals surface area contributed by atoms with E-state index in [9.17, 15) is 4.79 Å². The minimum Gasteiger partial charge on any atom is -0.491 e. The zero-order valence-corrected chi connectivity index (χ0v) is 16.4. The molecule has 0 aliphatic carbocycles. The molecule has 0 aromatic heterocycles. The van der Waals surface area contributed by atoms with E-state index in [1.807, 2.05) is 32.9 Å². The fourth-order valence-corrected chi connectivity index (χ4v) is 2.85. The first-order valence-electron chi connectivity index (χ1n) is 8.42. The van der Waals surface area contributed by atoms with Crippen LogP contribution >= 0.6 is 12.6 Å². The Bertz CT molecular complexity index is 730. The second kappa shape index (κ2) is 7.96. The van der Waals surface area contributed by atoms with Crippen LogP contribution in [0, 0.1) is 13.8 Å². The normalized spacial score (nSPS) is 12.6. The van der Waals surface area contributed by atoms with Crippen LogP contribution in [0.2, 0.25) is 0 Å². The van der Waals surface area contributed by atoms with Crippen LogP contribution in [0.3, 0.4) is 0 Å². The number of thiol groups is 1. The number of aryl methyl sites for hydroxylation is 2. The highest BCUT2D eigenvalue weighted by molar-refractivity contribution is 7.81. The molecule has 1 atom stereocenters. The molecule has 0 aliphatic heterocycles. The quantitative estimate of drug-likeness (QED) is 0.427. The maximum Gasteiger partial charge on any atom is 0.343 e. The van der Waals surface area contributed by atoms with Gasteiger partial charge in [0, 0.05) is 4.75 Å². The van der Waals surface area contributed by atoms with Crippen molar-refractivity contribution in [2.75, 3.05) is 0 Å². The molecule has 0 heterocycles. The molecular formula is C21H26O3S. The van der Waals surface area contributed by atoms with Gasteiger partial charge in [-0.05, 0) is 74.7 Å². The molecule has 0 bridgehead atoms. The number of ether oxygens (including phenoxy) is 2. The third-order valence-electron chi connectivity index (χ3n) is 3.90. The summed E-state index contributed by atoms with van der Waals surface area (Å²) >= 11 is 4.52. The van der Waals surface area contributed by atoms with Crippen LogP contribution in [0.15, 0.2) is 42.5 Å². The summed E-state index contributed by atoms with van der Waals surface area (Å²) in [6.45, 7) is 10.1. The second-order valence-electron chi connectivity index (χ2n) is 7.10. The molecule has 0 spiro atoms. The van der Waals surface area contributed by atoms with Crippen molar-refractivity contribution in [2.45, 2.75) is 51.9 Å². The van der Waals surface area contributed by atoms with Gasteiger partial charge in [0.1, 0.15) is 11.5 Å². The predicted octanol–water partition coefficient (Wildman–Crippen LogP) is 5.39. The van der Waals surface area contributed by atoms with E-state index in [1.165, 1.54) is 5.56 Å². The molecule has 0 N–H and O–H groups in total. The number of rotatable bonds is 6. The van der Waals surface area contributed by atoms with Crippen molar-refractivity contribution in [2.24, 2.45) is 0 Å². The Labute approximate surface area is 155 Å². The fraction of sp³-hybridized carbons (Fsp3) is 0.381. The van der Waals surface area contributed by atoms with Gasteiger partial charge in [0.25, 0.3) is 0 Å². The van der Waals surface area contributed by atoms with Crippen molar-refractivity contribution in [3.8, 4) is 11.5 Å². The van der Waals surface area contributed by atoms with Crippen molar-refractivity contribution >= 4 is 18.6 Å². The summed E-state index contributed by atoms with van der Waals surface area (Å²) in [5.41, 5.74) is 2.75. The Morgan fingerprint density at radius 1 is 1.04 bits per heavy atom. The Hall–Kier alpha value is -1.94. The van der Waals surface area contributed by atoms with Crippen molar-refractivity contribution < 1.29 is 14.3 Å². The number of hydrogen-bond donors (Lipinski definition) is 1. The summed E-state index contributed by atoms with van der Waals surface area (Å²) in [5, 5.41) is 0. The zero-order chi connectivity index (χ0) is 18.6. The number of benzene rings is 2. The summed E-state index contributed by atoms with van der Waals surface area (Å²) in [7, 11) is 0. The minimum absolute atomic E-state index is 0.0424. The van der Waals surface area contributed by atoms with Crippen molar-refractivity contribution in [3.05, 3.63) is 59.2 Å². The van der Waals surface area contributed by atoms with Crippen LogP contribution in [0.4, 0.5) is 0 Å². The van der Waals surface area contributed by atoms with E-state index >= 15 is 0 Å². The molecule has 0 saturated carbocycles. The van der Waals surface area contributed by atoms with Crippen LogP contribution in [0.5, 0.6) is 11.5 Å². The fourth-order valence-electron chi connectivity index (χ4n) is 2.59. The van der Waals surface area contributed by atoms with Crippen LogP contribution in [-0.2, 0) is 0 Å². The number of esters is 1. The first-order valence-corrected chi connectivity index (χ1v) is 8.87. The lowest BCUT2D eigenvalue weighted by molar-refractivity contribution is 0.0734. The molecule has 2 rings (SSSR count). The number of carbonyl (C=O) groups excluding carboxylic acids is 1. The molecule has 0 aliphatic rings. The summed E-state index contributed by atoms with van der Waals surface area (Å²) in [6.07, 6.45) is 0.869. The molecule has 1 unspecified atom stereocenters. The Balaban J connectivity index is 1.99. The smallest absolute Gasteiger partial charge is 0.343 e. The number of hydrogen-bond acceptors (Lipinski definition) is 4. The van der Waals surface area contributed by atoms with Crippen LogP contribution in [0.1, 0.15) is 48.7 Å². The first kappa shape index (κ1) is 19.4. The second-order valence-corrected chi connectivity index (χ2v) is 8.32. The SMILES string of the molecule is Cc1ccc(OC(=O)c2ccc(OC(C)CC(C)(C)S)cc2)cc1C. The van der Waals surface area contributed by atoms with Gasteiger partial charge in [-0.2, -0.15) is 12.6 Å². The van der Waals surface area contributed by atoms with E-state index in [-0.39, 0.29) is 16.8 Å². The van der Waals surface area contributed by atoms with Crippen molar-refractivity contribution in [1.82, 2.24) is 0 Å². The van der Waals surface area contributed by atoms with Gasteiger partial charge in [-0.3, -0.25) is 0 Å². The van der Waals surface area contributed by atoms with Gasteiger partial charge in [0.05, 0.1) is 11.7 Å². The van der Waals surface area contributed by atoms with Gasteiger partial charge < -0.3 is 9.47 Å². The maximum atomic E-state index is 12.3. The molecule has 0 radical (unpaired) electrons. The van der Waals surface area contributed by atoms with Crippen LogP contribution in [0.25, 0.3) is 0 Å². The first-order chi connectivity index (χ1) is 11.6. The van der Waals surface area contributed by atoms with Gasteiger partial charge in [-0.1, -0.05) is 19.9 Å². The highest BCUT2D eigenvalue weighted by Crippen LogP contribution is 2.23. The molecule has 0 fully saturated rings. The van der Waals surface area contributed by atoms with Crippen LogP contribution in [-0.4, -0.2) is 16.8 Å². The highest BCUT2D eigenvalue weighted by Gasteiger charge is 2.17. The maximum absolute atomic E-state index is 12.3. The van der Waals surface area contributed by atoms with Gasteiger partial charge in [0.15, 0.2) is 0 Å². The molecule has 25 heavy (non-hydrogen) atoms. The third kappa shape index (κ3) is 6.13. The van der Waals surface area contributed by atoms with Crippen molar-refractivity contribution in [3.63, 3.8) is 0 Å². The van der Waals surface area contributed by atoms with Gasteiger partial charge in [-0.25, -0.2) is 4.79 Å². The Morgan fingerprint density at radius 3 is 2.20 bits per heavy atom. The van der Waals surface area contributed by atoms with E-state index in [4.69, 9.17) is 9.47 Å². The van der Waals surface area contributed by atoms with E-state index < -0.39 is 0 Å². The molecule has 4 heteroatoms. The standard InChI is InChI=1S/C21H26O3S/c1-14-6-9-19(12-15(14)2)24-20(22)17-7-10-18(11-8-17)23-16(3)13-21(4,5)25/h6-12,16,25H,13H2,1-5H3. The Morgan fingerprint density at radius 2 is 1.64 bits per heavy atom. The lowest BCUT2D eigenvalue weighted by Gasteiger charge is -2.23. The van der Waals surface area contributed by atoms with E-state index in [1.54, 1.807) is 30.3 Å². The van der Waals surface area contributed by atoms with Gasteiger partial charge in [-0.15, -0.1) is 0 Å². The summed E-state index contributed by atoms with van der Waals surface area (Å²) in [6, 6.07) is 12.6. The monoisotopic (exact) mass is 358 g/mol. The molecule has 2 aromatic carbocycles. The van der Waals surface area contributed by atoms with Gasteiger partial charge in [0.2, 0.25) is 0 Å². The average Bonchev–Trinajstić information content (AvgIpc) is 2.49. The molecule has 3 nitrogen and oxygen atoms in total. The minimum atomic E-state index is -0.376. The van der Waals surface area contributed by atoms with Crippen LogP contribution < -0.4 is 9.47 Å². The van der Waals surface area contributed by atoms with E-state index in [0.717, 1.165) is 17.7 Å². The average molecular weight is 359 g/mol. The summed E-state index contributed by atoms with van der Waals surface area (Å²) < 4.78 is 11.2. The molecular weight excluding hydrogens is 332 g/mol. The molecule has 134 valence electrons. The third-order valence-corrected chi connectivity index (χ3v) is 4.09. The topological polar surface area (TPSA) is 35.5 Å². The lowest BCUT2D eigenvalue weighted by atomic mass is 10.1. The number of carbonyl (C=O) groups is 1. The molecule has 0 saturated heterocycles.